The zero-order chi connectivity index (χ0) is 23.1. The van der Waals surface area contributed by atoms with Gasteiger partial charge < -0.3 is 14.4 Å². The van der Waals surface area contributed by atoms with Crippen molar-refractivity contribution in [1.82, 2.24) is 24.6 Å². The van der Waals surface area contributed by atoms with Gasteiger partial charge in [-0.3, -0.25) is 14.4 Å². The third-order valence-electron chi connectivity index (χ3n) is 6.76. The summed E-state index contributed by atoms with van der Waals surface area (Å²) in [5.74, 6) is 2.17. The van der Waals surface area contributed by atoms with E-state index in [1.165, 1.54) is 0 Å². The summed E-state index contributed by atoms with van der Waals surface area (Å²) < 4.78 is 12.7. The fraction of sp³-hybridized carbons (Fsp3) is 0.480. The van der Waals surface area contributed by atoms with Crippen LogP contribution in [0.3, 0.4) is 0 Å². The predicted octanol–water partition coefficient (Wildman–Crippen LogP) is 3.13. The Morgan fingerprint density at radius 3 is 2.52 bits per heavy atom. The van der Waals surface area contributed by atoms with Gasteiger partial charge in [0.15, 0.2) is 5.65 Å². The number of rotatable bonds is 6. The number of benzene rings is 1. The average Bonchev–Trinajstić information content (AvgIpc) is 3.65. The Morgan fingerprint density at radius 1 is 1.09 bits per heavy atom. The molecular weight excluding hydrogens is 418 g/mol. The third-order valence-corrected chi connectivity index (χ3v) is 6.76. The first-order chi connectivity index (χ1) is 16.0. The quantitative estimate of drug-likeness (QED) is 0.576. The molecule has 1 amide bonds. The molecule has 0 N–H and O–H groups in total. The molecule has 1 saturated heterocycles. The van der Waals surface area contributed by atoms with E-state index in [1.54, 1.807) is 18.9 Å². The van der Waals surface area contributed by atoms with Crippen LogP contribution in [-0.2, 0) is 13.6 Å². The van der Waals surface area contributed by atoms with Gasteiger partial charge in [0.05, 0.1) is 30.9 Å². The molecule has 0 atom stereocenters. The molecule has 5 rings (SSSR count). The third kappa shape index (κ3) is 4.15. The van der Waals surface area contributed by atoms with Crippen molar-refractivity contribution in [3.8, 4) is 11.5 Å². The van der Waals surface area contributed by atoms with Crippen LogP contribution in [0.25, 0.3) is 11.0 Å². The van der Waals surface area contributed by atoms with E-state index in [2.05, 4.69) is 10.00 Å². The highest BCUT2D eigenvalue weighted by Crippen LogP contribution is 2.40. The fourth-order valence-corrected chi connectivity index (χ4v) is 4.72. The molecule has 0 radical (unpaired) electrons. The van der Waals surface area contributed by atoms with E-state index >= 15 is 0 Å². The highest BCUT2D eigenvalue weighted by atomic mass is 16.5. The second-order valence-corrected chi connectivity index (χ2v) is 9.02. The first kappa shape index (κ1) is 21.7. The summed E-state index contributed by atoms with van der Waals surface area (Å²) in [5, 5.41) is 5.43. The van der Waals surface area contributed by atoms with Gasteiger partial charge in [-0.25, -0.2) is 4.98 Å². The van der Waals surface area contributed by atoms with E-state index < -0.39 is 0 Å². The maximum Gasteiger partial charge on any atom is 0.254 e. The van der Waals surface area contributed by atoms with Crippen molar-refractivity contribution in [3.63, 3.8) is 0 Å². The first-order valence-electron chi connectivity index (χ1n) is 11.5. The van der Waals surface area contributed by atoms with Gasteiger partial charge in [0, 0.05) is 63.0 Å². The van der Waals surface area contributed by atoms with E-state index in [-0.39, 0.29) is 5.91 Å². The molecule has 2 aromatic heterocycles. The number of hydrogen-bond acceptors (Lipinski definition) is 6. The number of fused-ring (bicyclic) bond motifs is 1. The zero-order valence-corrected chi connectivity index (χ0v) is 19.8. The number of hydrogen-bond donors (Lipinski definition) is 0. The van der Waals surface area contributed by atoms with Gasteiger partial charge in [-0.1, -0.05) is 6.07 Å². The van der Waals surface area contributed by atoms with Crippen molar-refractivity contribution in [2.75, 3.05) is 40.4 Å². The van der Waals surface area contributed by atoms with Crippen molar-refractivity contribution >= 4 is 16.9 Å². The molecule has 1 aromatic carbocycles. The molecule has 3 aromatic rings. The van der Waals surface area contributed by atoms with Crippen LogP contribution in [-0.4, -0.2) is 70.9 Å². The van der Waals surface area contributed by atoms with Crippen LogP contribution in [0.15, 0.2) is 24.3 Å². The fourth-order valence-electron chi connectivity index (χ4n) is 4.72. The largest absolute Gasteiger partial charge is 0.497 e. The zero-order valence-electron chi connectivity index (χ0n) is 19.8. The number of pyridine rings is 1. The molecule has 0 bridgehead atoms. The molecule has 8 nitrogen and oxygen atoms in total. The molecule has 33 heavy (non-hydrogen) atoms. The second-order valence-electron chi connectivity index (χ2n) is 9.02. The van der Waals surface area contributed by atoms with Gasteiger partial charge in [-0.15, -0.1) is 0 Å². The summed E-state index contributed by atoms with van der Waals surface area (Å²) >= 11 is 0. The minimum Gasteiger partial charge on any atom is -0.497 e. The summed E-state index contributed by atoms with van der Waals surface area (Å²) in [7, 11) is 5.24. The van der Waals surface area contributed by atoms with Gasteiger partial charge in [0.25, 0.3) is 5.91 Å². The van der Waals surface area contributed by atoms with E-state index in [4.69, 9.17) is 14.5 Å². The summed E-state index contributed by atoms with van der Waals surface area (Å²) in [6.07, 6.45) is 2.30. The van der Waals surface area contributed by atoms with Crippen LogP contribution < -0.4 is 9.47 Å². The number of carbonyl (C=O) groups excluding carboxylic acids is 1. The first-order valence-corrected chi connectivity index (χ1v) is 11.5. The Balaban J connectivity index is 1.32. The van der Waals surface area contributed by atoms with Crippen LogP contribution in [0.1, 0.15) is 46.1 Å². The molecule has 2 fully saturated rings. The Kier molecular flexibility index (Phi) is 5.70. The molecule has 0 spiro atoms. The molecule has 8 heteroatoms. The number of ether oxygens (including phenoxy) is 2. The molecule has 0 unspecified atom stereocenters. The number of aromatic nitrogens is 3. The molecule has 3 heterocycles. The van der Waals surface area contributed by atoms with Crippen molar-refractivity contribution in [2.24, 2.45) is 7.05 Å². The van der Waals surface area contributed by atoms with Crippen molar-refractivity contribution in [3.05, 3.63) is 46.8 Å². The minimum absolute atomic E-state index is 0.0853. The SMILES string of the molecule is COc1ccc(CN2CCN(C(=O)c3cc(C4CC4)nc4c3c(C)nn4C)CC2)c(OC)c1. The lowest BCUT2D eigenvalue weighted by Crippen LogP contribution is -2.48. The average molecular weight is 450 g/mol. The summed E-state index contributed by atoms with van der Waals surface area (Å²) in [6, 6.07) is 7.94. The Bertz CT molecular complexity index is 1190. The number of carbonyl (C=O) groups is 1. The maximum atomic E-state index is 13.6. The molecular formula is C25H31N5O3. The van der Waals surface area contributed by atoms with E-state index in [9.17, 15) is 4.79 Å². The predicted molar refractivity (Wildman–Crippen MR) is 126 cm³/mol. The van der Waals surface area contributed by atoms with Gasteiger partial charge in [-0.05, 0) is 31.9 Å². The summed E-state index contributed by atoms with van der Waals surface area (Å²) in [6.45, 7) is 5.76. The maximum absolute atomic E-state index is 13.6. The van der Waals surface area contributed by atoms with Crippen LogP contribution in [0, 0.1) is 6.92 Å². The highest BCUT2D eigenvalue weighted by molar-refractivity contribution is 6.06. The van der Waals surface area contributed by atoms with Crippen LogP contribution in [0.2, 0.25) is 0 Å². The highest BCUT2D eigenvalue weighted by Gasteiger charge is 2.30. The number of aryl methyl sites for hydroxylation is 2. The molecule has 174 valence electrons. The van der Waals surface area contributed by atoms with Crippen LogP contribution in [0.4, 0.5) is 0 Å². The second kappa shape index (κ2) is 8.67. The van der Waals surface area contributed by atoms with Crippen molar-refractivity contribution in [2.45, 2.75) is 32.2 Å². The van der Waals surface area contributed by atoms with Crippen molar-refractivity contribution in [1.29, 1.82) is 0 Å². The van der Waals surface area contributed by atoms with Gasteiger partial charge in [0.2, 0.25) is 0 Å². The summed E-state index contributed by atoms with van der Waals surface area (Å²) in [5.41, 5.74) is 4.56. The lowest BCUT2D eigenvalue weighted by atomic mass is 10.1. The monoisotopic (exact) mass is 449 g/mol. The van der Waals surface area contributed by atoms with E-state index in [0.717, 1.165) is 77.5 Å². The van der Waals surface area contributed by atoms with Crippen LogP contribution in [0.5, 0.6) is 11.5 Å². The number of piperazine rings is 1. The standard InChI is InChI=1S/C25H31N5O3/c1-16-23-20(14-21(17-5-6-17)26-24(23)28(2)27-16)25(31)30-11-9-29(10-12-30)15-18-7-8-19(32-3)13-22(18)33-4/h7-8,13-14,17H,5-6,9-12,15H2,1-4H3. The number of amides is 1. The molecule has 1 saturated carbocycles. The van der Waals surface area contributed by atoms with Crippen LogP contribution >= 0.6 is 0 Å². The smallest absolute Gasteiger partial charge is 0.254 e. The number of methoxy groups -OCH3 is 2. The summed E-state index contributed by atoms with van der Waals surface area (Å²) in [4.78, 5) is 22.8. The van der Waals surface area contributed by atoms with Gasteiger partial charge in [0.1, 0.15) is 11.5 Å². The number of nitrogens with zero attached hydrogens (tertiary/aromatic N) is 5. The normalized spacial score (nSPS) is 16.9. The molecule has 1 aliphatic carbocycles. The molecule has 1 aliphatic heterocycles. The Hall–Kier alpha value is -3.13. The van der Waals surface area contributed by atoms with Gasteiger partial charge >= 0.3 is 0 Å². The minimum atomic E-state index is 0.0853. The lowest BCUT2D eigenvalue weighted by molar-refractivity contribution is 0.0629. The topological polar surface area (TPSA) is 72.7 Å². The van der Waals surface area contributed by atoms with Gasteiger partial charge in [-0.2, -0.15) is 5.10 Å². The van der Waals surface area contributed by atoms with E-state index in [0.29, 0.717) is 19.0 Å². The lowest BCUT2D eigenvalue weighted by Gasteiger charge is -2.35. The Labute approximate surface area is 194 Å². The Morgan fingerprint density at radius 2 is 1.85 bits per heavy atom. The molecule has 2 aliphatic rings. The van der Waals surface area contributed by atoms with Crippen molar-refractivity contribution < 1.29 is 14.3 Å². The van der Waals surface area contributed by atoms with E-state index in [1.807, 2.05) is 43.1 Å².